The summed E-state index contributed by atoms with van der Waals surface area (Å²) in [6, 6.07) is 7.99. The molecule has 0 saturated heterocycles. The average Bonchev–Trinajstić information content (AvgIpc) is 2.29. The van der Waals surface area contributed by atoms with Crippen molar-refractivity contribution in [1.29, 1.82) is 0 Å². The molecular formula is C13H16O2. The number of methoxy groups -OCH3 is 1. The Kier molecular flexibility index (Phi) is 3.07. The van der Waals surface area contributed by atoms with Crippen molar-refractivity contribution in [2.24, 2.45) is 0 Å². The Balaban J connectivity index is 2.28. The molecule has 0 spiro atoms. The molecule has 1 aromatic rings. The Morgan fingerprint density at radius 1 is 1.33 bits per heavy atom. The van der Waals surface area contributed by atoms with Crippen molar-refractivity contribution < 1.29 is 9.47 Å². The molecule has 2 atom stereocenters. The molecule has 80 valence electrons. The van der Waals surface area contributed by atoms with Gasteiger partial charge in [-0.2, -0.15) is 0 Å². The summed E-state index contributed by atoms with van der Waals surface area (Å²) in [5.41, 5.74) is 1.10. The van der Waals surface area contributed by atoms with E-state index in [-0.39, 0.29) is 12.2 Å². The number of benzene rings is 1. The lowest BCUT2D eigenvalue weighted by atomic mass is 10.0. The van der Waals surface area contributed by atoms with Crippen molar-refractivity contribution in [3.05, 3.63) is 42.0 Å². The smallest absolute Gasteiger partial charge is 0.124 e. The van der Waals surface area contributed by atoms with Gasteiger partial charge in [-0.1, -0.05) is 30.4 Å². The van der Waals surface area contributed by atoms with E-state index in [2.05, 4.69) is 19.1 Å². The molecule has 0 aliphatic carbocycles. The molecule has 0 fully saturated rings. The zero-order chi connectivity index (χ0) is 10.7. The van der Waals surface area contributed by atoms with E-state index in [9.17, 15) is 0 Å². The zero-order valence-corrected chi connectivity index (χ0v) is 9.14. The third-order valence-electron chi connectivity index (χ3n) is 2.60. The lowest BCUT2D eigenvalue weighted by molar-refractivity contribution is 0.0154. The first-order chi connectivity index (χ1) is 7.31. The summed E-state index contributed by atoms with van der Waals surface area (Å²) in [4.78, 5) is 0. The van der Waals surface area contributed by atoms with Crippen molar-refractivity contribution in [3.63, 3.8) is 0 Å². The monoisotopic (exact) mass is 204 g/mol. The fourth-order valence-electron chi connectivity index (χ4n) is 1.82. The van der Waals surface area contributed by atoms with Gasteiger partial charge in [-0.15, -0.1) is 0 Å². The number of para-hydroxylation sites is 1. The van der Waals surface area contributed by atoms with Gasteiger partial charge in [0, 0.05) is 5.56 Å². The molecule has 2 rings (SSSR count). The van der Waals surface area contributed by atoms with Crippen LogP contribution in [-0.2, 0) is 4.74 Å². The maximum atomic E-state index is 5.85. The lowest BCUT2D eigenvalue weighted by Crippen LogP contribution is -2.15. The molecule has 0 bridgehead atoms. The van der Waals surface area contributed by atoms with Crippen LogP contribution in [0.1, 0.15) is 25.0 Å². The van der Waals surface area contributed by atoms with Gasteiger partial charge < -0.3 is 9.47 Å². The first-order valence-electron chi connectivity index (χ1n) is 5.26. The van der Waals surface area contributed by atoms with E-state index < -0.39 is 0 Å². The fourth-order valence-corrected chi connectivity index (χ4v) is 1.82. The molecule has 2 unspecified atom stereocenters. The van der Waals surface area contributed by atoms with Crippen LogP contribution < -0.4 is 4.74 Å². The molecule has 2 nitrogen and oxygen atoms in total. The number of hydrogen-bond acceptors (Lipinski definition) is 2. The van der Waals surface area contributed by atoms with Gasteiger partial charge in [0.05, 0.1) is 13.2 Å². The third kappa shape index (κ3) is 2.21. The van der Waals surface area contributed by atoms with Crippen molar-refractivity contribution in [3.8, 4) is 5.75 Å². The molecule has 1 aliphatic rings. The minimum Gasteiger partial charge on any atom is -0.496 e. The summed E-state index contributed by atoms with van der Waals surface area (Å²) in [5, 5.41) is 0. The molecule has 0 amide bonds. The van der Waals surface area contributed by atoms with E-state index in [1.54, 1.807) is 7.11 Å². The van der Waals surface area contributed by atoms with Crippen LogP contribution in [0.5, 0.6) is 5.75 Å². The second kappa shape index (κ2) is 4.49. The van der Waals surface area contributed by atoms with Gasteiger partial charge in [0.1, 0.15) is 11.9 Å². The van der Waals surface area contributed by atoms with Crippen LogP contribution in [0.3, 0.4) is 0 Å². The van der Waals surface area contributed by atoms with Crippen molar-refractivity contribution in [2.75, 3.05) is 7.11 Å². The molecule has 0 radical (unpaired) electrons. The number of rotatable bonds is 2. The molecule has 1 heterocycles. The fraction of sp³-hybridized carbons (Fsp3) is 0.385. The van der Waals surface area contributed by atoms with Crippen LogP contribution in [0.25, 0.3) is 0 Å². The van der Waals surface area contributed by atoms with Crippen molar-refractivity contribution in [1.82, 2.24) is 0 Å². The molecule has 0 aromatic heterocycles. The maximum Gasteiger partial charge on any atom is 0.124 e. The van der Waals surface area contributed by atoms with E-state index in [0.29, 0.717) is 0 Å². The summed E-state index contributed by atoms with van der Waals surface area (Å²) in [7, 11) is 1.69. The van der Waals surface area contributed by atoms with Crippen molar-refractivity contribution >= 4 is 0 Å². The molecule has 1 aromatic carbocycles. The first kappa shape index (κ1) is 10.2. The molecule has 1 aliphatic heterocycles. The van der Waals surface area contributed by atoms with E-state index >= 15 is 0 Å². The summed E-state index contributed by atoms with van der Waals surface area (Å²) in [5.74, 6) is 0.890. The largest absolute Gasteiger partial charge is 0.496 e. The summed E-state index contributed by atoms with van der Waals surface area (Å²) < 4.78 is 11.2. The molecule has 0 saturated carbocycles. The van der Waals surface area contributed by atoms with Crippen LogP contribution >= 0.6 is 0 Å². The minimum absolute atomic E-state index is 0.0323. The van der Waals surface area contributed by atoms with Crippen LogP contribution in [0.15, 0.2) is 36.4 Å². The third-order valence-corrected chi connectivity index (χ3v) is 2.60. The van der Waals surface area contributed by atoms with Gasteiger partial charge in [-0.05, 0) is 19.4 Å². The Morgan fingerprint density at radius 3 is 2.87 bits per heavy atom. The average molecular weight is 204 g/mol. The number of hydrogen-bond donors (Lipinski definition) is 0. The highest BCUT2D eigenvalue weighted by Gasteiger charge is 2.18. The van der Waals surface area contributed by atoms with Crippen LogP contribution in [0.4, 0.5) is 0 Å². The predicted octanol–water partition coefficient (Wildman–Crippen LogP) is 3.10. The van der Waals surface area contributed by atoms with E-state index in [1.807, 2.05) is 24.3 Å². The van der Waals surface area contributed by atoms with Crippen LogP contribution in [0.2, 0.25) is 0 Å². The SMILES string of the molecule is COc1ccccc1C1C=CCC(C)O1. The second-order valence-electron chi connectivity index (χ2n) is 3.77. The van der Waals surface area contributed by atoms with Crippen LogP contribution in [-0.4, -0.2) is 13.2 Å². The highest BCUT2D eigenvalue weighted by Crippen LogP contribution is 2.31. The van der Waals surface area contributed by atoms with E-state index in [0.717, 1.165) is 17.7 Å². The minimum atomic E-state index is 0.0323. The Bertz CT molecular complexity index is 357. The first-order valence-corrected chi connectivity index (χ1v) is 5.26. The van der Waals surface area contributed by atoms with Crippen molar-refractivity contribution in [2.45, 2.75) is 25.6 Å². The summed E-state index contributed by atoms with van der Waals surface area (Å²) in [6.45, 7) is 2.09. The number of ether oxygens (including phenoxy) is 2. The lowest BCUT2D eigenvalue weighted by Gasteiger charge is -2.24. The zero-order valence-electron chi connectivity index (χ0n) is 9.14. The second-order valence-corrected chi connectivity index (χ2v) is 3.77. The van der Waals surface area contributed by atoms with Gasteiger partial charge in [0.15, 0.2) is 0 Å². The van der Waals surface area contributed by atoms with Gasteiger partial charge in [0.25, 0.3) is 0 Å². The normalized spacial score (nSPS) is 25.2. The summed E-state index contributed by atoms with van der Waals surface area (Å²) >= 11 is 0. The van der Waals surface area contributed by atoms with Gasteiger partial charge in [-0.3, -0.25) is 0 Å². The molecular weight excluding hydrogens is 188 g/mol. The maximum absolute atomic E-state index is 5.85. The molecule has 2 heteroatoms. The highest BCUT2D eigenvalue weighted by molar-refractivity contribution is 5.37. The Hall–Kier alpha value is -1.28. The van der Waals surface area contributed by atoms with E-state index in [4.69, 9.17) is 9.47 Å². The summed E-state index contributed by atoms with van der Waals surface area (Å²) in [6.07, 6.45) is 5.57. The van der Waals surface area contributed by atoms with E-state index in [1.165, 1.54) is 0 Å². The quantitative estimate of drug-likeness (QED) is 0.689. The Morgan fingerprint density at radius 2 is 2.13 bits per heavy atom. The van der Waals surface area contributed by atoms with Gasteiger partial charge in [0.2, 0.25) is 0 Å². The highest BCUT2D eigenvalue weighted by atomic mass is 16.5. The molecule has 15 heavy (non-hydrogen) atoms. The predicted molar refractivity (Wildman–Crippen MR) is 60.0 cm³/mol. The standard InChI is InChI=1S/C13H16O2/c1-10-6-5-9-13(15-10)11-7-3-4-8-12(11)14-2/h3-5,7-10,13H,6H2,1-2H3. The van der Waals surface area contributed by atoms with Crippen LogP contribution in [0, 0.1) is 0 Å². The van der Waals surface area contributed by atoms with Gasteiger partial charge in [-0.25, -0.2) is 0 Å². The Labute approximate surface area is 90.5 Å². The molecule has 0 N–H and O–H groups in total. The topological polar surface area (TPSA) is 18.5 Å². The van der Waals surface area contributed by atoms with Gasteiger partial charge >= 0.3 is 0 Å².